The van der Waals surface area contributed by atoms with E-state index in [9.17, 15) is 0 Å². The Kier molecular flexibility index (Phi) is 4.17. The second-order valence-electron chi connectivity index (χ2n) is 5.49. The van der Waals surface area contributed by atoms with Gasteiger partial charge in [0.1, 0.15) is 0 Å². The second-order valence-corrected chi connectivity index (χ2v) is 6.34. The summed E-state index contributed by atoms with van der Waals surface area (Å²) in [5, 5.41) is 3.16. The number of fused-ring (bicyclic) bond motifs is 1. The summed E-state index contributed by atoms with van der Waals surface area (Å²) in [5.74, 6) is 1.69. The molecule has 0 atom stereocenters. The smallest absolute Gasteiger partial charge is 0.162 e. The second kappa shape index (κ2) is 5.49. The monoisotopic (exact) mass is 313 g/mol. The van der Waals surface area contributed by atoms with Crippen molar-refractivity contribution in [3.63, 3.8) is 0 Å². The van der Waals surface area contributed by atoms with Crippen LogP contribution in [0.2, 0.25) is 0 Å². The van der Waals surface area contributed by atoms with E-state index in [0.29, 0.717) is 13.2 Å². The lowest BCUT2D eigenvalue weighted by Crippen LogP contribution is -2.26. The Morgan fingerprint density at radius 1 is 1.22 bits per heavy atom. The van der Waals surface area contributed by atoms with Crippen LogP contribution < -0.4 is 14.8 Å². The molecule has 1 heterocycles. The van der Waals surface area contributed by atoms with Crippen LogP contribution in [0.3, 0.4) is 0 Å². The maximum atomic E-state index is 5.87. The van der Waals surface area contributed by atoms with Crippen LogP contribution in [0.4, 0.5) is 0 Å². The highest BCUT2D eigenvalue weighted by molar-refractivity contribution is 9.10. The van der Waals surface area contributed by atoms with Crippen molar-refractivity contribution in [2.75, 3.05) is 26.8 Å². The van der Waals surface area contributed by atoms with Crippen molar-refractivity contribution in [2.45, 2.75) is 20.3 Å². The van der Waals surface area contributed by atoms with E-state index >= 15 is 0 Å². The fourth-order valence-electron chi connectivity index (χ4n) is 1.84. The summed E-state index contributed by atoms with van der Waals surface area (Å²) in [6, 6.07) is 4.10. The normalized spacial score (nSPS) is 17.3. The van der Waals surface area contributed by atoms with Crippen molar-refractivity contribution in [3.8, 4) is 11.5 Å². The number of nitrogens with one attached hydrogen (secondary N) is 1. The predicted molar refractivity (Wildman–Crippen MR) is 76.5 cm³/mol. The molecule has 0 radical (unpaired) electrons. The summed E-state index contributed by atoms with van der Waals surface area (Å²) in [6.07, 6.45) is 0.969. The SMILES string of the molecule is CNCCc1cc2c(cc1Br)OCC(C)(C)CO2. The summed E-state index contributed by atoms with van der Waals surface area (Å²) in [4.78, 5) is 0. The zero-order chi connectivity index (χ0) is 13.2. The lowest BCUT2D eigenvalue weighted by atomic mass is 9.97. The average molecular weight is 314 g/mol. The molecule has 1 aliphatic heterocycles. The van der Waals surface area contributed by atoms with E-state index in [2.05, 4.69) is 41.2 Å². The van der Waals surface area contributed by atoms with E-state index in [1.54, 1.807) is 0 Å². The quantitative estimate of drug-likeness (QED) is 0.930. The van der Waals surface area contributed by atoms with Crippen LogP contribution >= 0.6 is 15.9 Å². The highest BCUT2D eigenvalue weighted by Crippen LogP contribution is 2.37. The molecule has 0 fully saturated rings. The Morgan fingerprint density at radius 3 is 2.44 bits per heavy atom. The minimum atomic E-state index is 0.0522. The van der Waals surface area contributed by atoms with Gasteiger partial charge in [0.15, 0.2) is 11.5 Å². The first-order chi connectivity index (χ1) is 8.52. The number of ether oxygens (including phenoxy) is 2. The molecular weight excluding hydrogens is 294 g/mol. The molecular formula is C14H20BrNO2. The number of hydrogen-bond acceptors (Lipinski definition) is 3. The van der Waals surface area contributed by atoms with Gasteiger partial charge in [-0.25, -0.2) is 0 Å². The molecule has 0 amide bonds. The molecule has 0 saturated carbocycles. The van der Waals surface area contributed by atoms with Crippen LogP contribution in [0.25, 0.3) is 0 Å². The molecule has 100 valence electrons. The molecule has 4 heteroatoms. The van der Waals surface area contributed by atoms with Gasteiger partial charge in [0.2, 0.25) is 0 Å². The third kappa shape index (κ3) is 3.18. The lowest BCUT2D eigenvalue weighted by Gasteiger charge is -2.19. The molecule has 0 unspecified atom stereocenters. The van der Waals surface area contributed by atoms with Gasteiger partial charge >= 0.3 is 0 Å². The molecule has 0 aromatic heterocycles. The first-order valence-electron chi connectivity index (χ1n) is 6.24. The zero-order valence-corrected chi connectivity index (χ0v) is 12.8. The molecule has 0 saturated heterocycles. The maximum absolute atomic E-state index is 5.87. The minimum Gasteiger partial charge on any atom is -0.489 e. The van der Waals surface area contributed by atoms with Gasteiger partial charge in [-0.1, -0.05) is 29.8 Å². The van der Waals surface area contributed by atoms with Crippen molar-refractivity contribution in [1.29, 1.82) is 0 Å². The third-order valence-corrected chi connectivity index (χ3v) is 3.73. The molecule has 18 heavy (non-hydrogen) atoms. The lowest BCUT2D eigenvalue weighted by molar-refractivity contribution is 0.140. The van der Waals surface area contributed by atoms with Gasteiger partial charge in [0.25, 0.3) is 0 Å². The Hall–Kier alpha value is -0.740. The number of hydrogen-bond donors (Lipinski definition) is 1. The minimum absolute atomic E-state index is 0.0522. The van der Waals surface area contributed by atoms with E-state index in [-0.39, 0.29) is 5.41 Å². The Balaban J connectivity index is 2.24. The van der Waals surface area contributed by atoms with Gasteiger partial charge in [-0.3, -0.25) is 0 Å². The molecule has 0 bridgehead atoms. The highest BCUT2D eigenvalue weighted by atomic mass is 79.9. The Bertz CT molecular complexity index is 432. The maximum Gasteiger partial charge on any atom is 0.162 e. The fourth-order valence-corrected chi connectivity index (χ4v) is 2.36. The van der Waals surface area contributed by atoms with Crippen molar-refractivity contribution in [1.82, 2.24) is 5.32 Å². The van der Waals surface area contributed by atoms with Crippen molar-refractivity contribution in [2.24, 2.45) is 5.41 Å². The number of rotatable bonds is 3. The van der Waals surface area contributed by atoms with E-state index < -0.39 is 0 Å². The summed E-state index contributed by atoms with van der Waals surface area (Å²) >= 11 is 3.60. The largest absolute Gasteiger partial charge is 0.489 e. The number of halogens is 1. The first-order valence-corrected chi connectivity index (χ1v) is 7.04. The summed E-state index contributed by atoms with van der Waals surface area (Å²) in [5.41, 5.74) is 1.29. The van der Waals surface area contributed by atoms with E-state index in [1.165, 1.54) is 5.56 Å². The summed E-state index contributed by atoms with van der Waals surface area (Å²) < 4.78 is 12.8. The Morgan fingerprint density at radius 2 is 1.83 bits per heavy atom. The van der Waals surface area contributed by atoms with Crippen LogP contribution in [0.1, 0.15) is 19.4 Å². The van der Waals surface area contributed by atoms with Gasteiger partial charge in [0.05, 0.1) is 13.2 Å². The molecule has 0 spiro atoms. The third-order valence-electron chi connectivity index (χ3n) is 2.99. The molecule has 2 rings (SSSR count). The first kappa shape index (κ1) is 13.7. The van der Waals surface area contributed by atoms with E-state index in [0.717, 1.165) is 28.9 Å². The molecule has 0 aliphatic carbocycles. The van der Waals surface area contributed by atoms with Crippen LogP contribution in [-0.2, 0) is 6.42 Å². The zero-order valence-electron chi connectivity index (χ0n) is 11.2. The van der Waals surface area contributed by atoms with E-state index in [1.807, 2.05) is 13.1 Å². The highest BCUT2D eigenvalue weighted by Gasteiger charge is 2.25. The van der Waals surface area contributed by atoms with Gasteiger partial charge in [0, 0.05) is 9.89 Å². The molecule has 1 N–H and O–H groups in total. The molecule has 1 aromatic rings. The van der Waals surface area contributed by atoms with Crippen molar-refractivity contribution >= 4 is 15.9 Å². The van der Waals surface area contributed by atoms with Crippen molar-refractivity contribution < 1.29 is 9.47 Å². The topological polar surface area (TPSA) is 30.5 Å². The van der Waals surface area contributed by atoms with Gasteiger partial charge in [-0.15, -0.1) is 0 Å². The van der Waals surface area contributed by atoms with Crippen LogP contribution in [-0.4, -0.2) is 26.8 Å². The summed E-state index contributed by atoms with van der Waals surface area (Å²) in [7, 11) is 1.96. The van der Waals surface area contributed by atoms with Crippen LogP contribution in [0.5, 0.6) is 11.5 Å². The fraction of sp³-hybridized carbons (Fsp3) is 0.571. The van der Waals surface area contributed by atoms with Gasteiger partial charge in [-0.2, -0.15) is 0 Å². The average Bonchev–Trinajstić information content (AvgIpc) is 2.46. The van der Waals surface area contributed by atoms with Crippen molar-refractivity contribution in [3.05, 3.63) is 22.2 Å². The van der Waals surface area contributed by atoms with E-state index in [4.69, 9.17) is 9.47 Å². The number of likely N-dealkylation sites (N-methyl/N-ethyl adjacent to an activating group) is 1. The number of benzene rings is 1. The standard InChI is InChI=1S/C14H20BrNO2/c1-14(2)8-17-12-6-10(4-5-16-3)11(15)7-13(12)18-9-14/h6-7,16H,4-5,8-9H2,1-3H3. The Labute approximate surface area is 117 Å². The summed E-state index contributed by atoms with van der Waals surface area (Å²) in [6.45, 7) is 6.62. The molecule has 1 aromatic carbocycles. The van der Waals surface area contributed by atoms with Gasteiger partial charge < -0.3 is 14.8 Å². The molecule has 3 nitrogen and oxygen atoms in total. The molecule has 1 aliphatic rings. The van der Waals surface area contributed by atoms with Gasteiger partial charge in [-0.05, 0) is 37.7 Å². The van der Waals surface area contributed by atoms with Crippen LogP contribution in [0.15, 0.2) is 16.6 Å². The predicted octanol–water partition coefficient (Wildman–Crippen LogP) is 3.01. The van der Waals surface area contributed by atoms with Crippen LogP contribution in [0, 0.1) is 5.41 Å².